The van der Waals surface area contributed by atoms with E-state index in [9.17, 15) is 4.79 Å². The minimum atomic E-state index is 0.00606. The van der Waals surface area contributed by atoms with Gasteiger partial charge in [-0.05, 0) is 48.4 Å². The maximum atomic E-state index is 12.0. The van der Waals surface area contributed by atoms with Gasteiger partial charge in [-0.1, -0.05) is 0 Å². The molecule has 2 unspecified atom stereocenters. The minimum Gasteiger partial charge on any atom is -0.316 e. The van der Waals surface area contributed by atoms with Gasteiger partial charge in [0.1, 0.15) is 5.69 Å². The van der Waals surface area contributed by atoms with Crippen LogP contribution in [-0.4, -0.2) is 22.6 Å². The lowest BCUT2D eigenvalue weighted by atomic mass is 9.98. The molecule has 1 aromatic carbocycles. The Bertz CT molecular complexity index is 747. The predicted octanol–water partition coefficient (Wildman–Crippen LogP) is 1.42. The monoisotopic (exact) mass is 255 g/mol. The van der Waals surface area contributed by atoms with Gasteiger partial charge in [-0.3, -0.25) is 4.79 Å². The Morgan fingerprint density at radius 1 is 1.26 bits per heavy atom. The molecular formula is C15H17N3O. The summed E-state index contributed by atoms with van der Waals surface area (Å²) >= 11 is 0. The van der Waals surface area contributed by atoms with Crippen LogP contribution in [0.25, 0.3) is 11.0 Å². The molecule has 2 bridgehead atoms. The Hall–Kier alpha value is -1.68. The number of nitrogens with one attached hydrogen (secondary N) is 1. The zero-order valence-corrected chi connectivity index (χ0v) is 11.2. The average molecular weight is 255 g/mol. The first kappa shape index (κ1) is 11.2. The third kappa shape index (κ3) is 1.43. The first-order valence-corrected chi connectivity index (χ1v) is 6.87. The van der Waals surface area contributed by atoms with Crippen molar-refractivity contribution in [1.29, 1.82) is 0 Å². The van der Waals surface area contributed by atoms with Crippen LogP contribution in [0.5, 0.6) is 0 Å². The summed E-state index contributed by atoms with van der Waals surface area (Å²) in [6.07, 6.45) is 1.24. The fourth-order valence-electron chi connectivity index (χ4n) is 3.67. The molecule has 1 fully saturated rings. The Morgan fingerprint density at radius 3 is 2.68 bits per heavy atom. The van der Waals surface area contributed by atoms with E-state index in [1.807, 2.05) is 7.05 Å². The number of aryl methyl sites for hydroxylation is 2. The van der Waals surface area contributed by atoms with E-state index < -0.39 is 0 Å². The molecule has 4 nitrogen and oxygen atoms in total. The van der Waals surface area contributed by atoms with E-state index in [4.69, 9.17) is 0 Å². The second kappa shape index (κ2) is 3.67. The lowest BCUT2D eigenvalue weighted by Crippen LogP contribution is -2.28. The second-order valence-electron chi connectivity index (χ2n) is 5.82. The first-order chi connectivity index (χ1) is 9.15. The number of rotatable bonds is 0. The van der Waals surface area contributed by atoms with Crippen LogP contribution in [-0.2, 0) is 7.05 Å². The normalized spacial score (nSPS) is 24.7. The Balaban J connectivity index is 2.07. The van der Waals surface area contributed by atoms with Crippen LogP contribution in [0.2, 0.25) is 0 Å². The molecule has 4 heteroatoms. The van der Waals surface area contributed by atoms with E-state index >= 15 is 0 Å². The molecule has 2 heterocycles. The predicted molar refractivity (Wildman–Crippen MR) is 74.7 cm³/mol. The van der Waals surface area contributed by atoms with Gasteiger partial charge in [-0.15, -0.1) is 0 Å². The third-order valence-corrected chi connectivity index (χ3v) is 4.67. The van der Waals surface area contributed by atoms with Crippen molar-refractivity contribution in [1.82, 2.24) is 14.9 Å². The highest BCUT2D eigenvalue weighted by atomic mass is 16.1. The lowest BCUT2D eigenvalue weighted by Gasteiger charge is -2.19. The number of nitrogens with zero attached hydrogens (tertiary/aromatic N) is 2. The molecule has 1 saturated heterocycles. The molecular weight excluding hydrogens is 238 g/mol. The number of piperidine rings is 1. The molecule has 1 aliphatic heterocycles. The molecule has 19 heavy (non-hydrogen) atoms. The topological polar surface area (TPSA) is 46.9 Å². The van der Waals surface area contributed by atoms with Gasteiger partial charge in [0.15, 0.2) is 0 Å². The van der Waals surface area contributed by atoms with Crippen molar-refractivity contribution in [2.24, 2.45) is 7.05 Å². The fourth-order valence-corrected chi connectivity index (χ4v) is 3.67. The number of hydrogen-bond acceptors (Lipinski definition) is 3. The summed E-state index contributed by atoms with van der Waals surface area (Å²) in [6, 6.07) is 4.39. The van der Waals surface area contributed by atoms with E-state index in [1.54, 1.807) is 11.5 Å². The molecule has 1 aromatic heterocycles. The highest BCUT2D eigenvalue weighted by Crippen LogP contribution is 2.44. The minimum absolute atomic E-state index is 0.00606. The quantitative estimate of drug-likeness (QED) is 0.774. The summed E-state index contributed by atoms with van der Waals surface area (Å²) in [5, 5.41) is 3.50. The van der Waals surface area contributed by atoms with E-state index in [0.717, 1.165) is 24.1 Å². The van der Waals surface area contributed by atoms with Gasteiger partial charge in [0.2, 0.25) is 0 Å². The molecule has 4 rings (SSSR count). The van der Waals surface area contributed by atoms with E-state index in [2.05, 4.69) is 22.4 Å². The molecule has 2 aliphatic rings. The zero-order chi connectivity index (χ0) is 13.1. The van der Waals surface area contributed by atoms with Crippen molar-refractivity contribution >= 4 is 11.0 Å². The van der Waals surface area contributed by atoms with Crippen LogP contribution in [0.4, 0.5) is 0 Å². The van der Waals surface area contributed by atoms with Gasteiger partial charge in [0.05, 0.1) is 11.0 Å². The van der Waals surface area contributed by atoms with Gasteiger partial charge in [0.25, 0.3) is 5.56 Å². The molecule has 0 amide bonds. The van der Waals surface area contributed by atoms with Crippen molar-refractivity contribution in [3.8, 4) is 0 Å². The van der Waals surface area contributed by atoms with Crippen LogP contribution < -0.4 is 10.9 Å². The smallest absolute Gasteiger partial charge is 0.272 e. The summed E-state index contributed by atoms with van der Waals surface area (Å²) in [7, 11) is 1.84. The summed E-state index contributed by atoms with van der Waals surface area (Å²) in [5.74, 6) is 1.23. The van der Waals surface area contributed by atoms with Crippen molar-refractivity contribution in [3.05, 3.63) is 39.3 Å². The van der Waals surface area contributed by atoms with Crippen LogP contribution >= 0.6 is 0 Å². The maximum absolute atomic E-state index is 12.0. The number of benzene rings is 1. The van der Waals surface area contributed by atoms with Gasteiger partial charge >= 0.3 is 0 Å². The molecule has 1 N–H and O–H groups in total. The Morgan fingerprint density at radius 2 is 1.95 bits per heavy atom. The van der Waals surface area contributed by atoms with E-state index in [-0.39, 0.29) is 5.56 Å². The molecule has 0 spiro atoms. The molecule has 2 aromatic rings. The number of aromatic nitrogens is 2. The first-order valence-electron chi connectivity index (χ1n) is 6.87. The lowest BCUT2D eigenvalue weighted by molar-refractivity contribution is 0.454. The molecule has 0 radical (unpaired) electrons. The Labute approximate surface area is 111 Å². The SMILES string of the molecule is Cc1nc2cc3c(cc2n(C)c1=O)C1CNCC3C1. The molecule has 98 valence electrons. The standard InChI is InChI=1S/C15H17N3O/c1-8-15(19)18(2)14-5-12-10-3-9(6-16-7-10)11(12)4-13(14)17-8/h4-5,9-10,16H,3,6-7H2,1-2H3. The van der Waals surface area contributed by atoms with Gasteiger partial charge in [0, 0.05) is 20.1 Å². The van der Waals surface area contributed by atoms with Crippen molar-refractivity contribution in [2.75, 3.05) is 13.1 Å². The van der Waals surface area contributed by atoms with E-state index in [0.29, 0.717) is 17.5 Å². The summed E-state index contributed by atoms with van der Waals surface area (Å²) in [4.78, 5) is 16.5. The maximum Gasteiger partial charge on any atom is 0.272 e. The average Bonchev–Trinajstić information content (AvgIpc) is 2.66. The van der Waals surface area contributed by atoms with E-state index in [1.165, 1.54) is 17.5 Å². The second-order valence-corrected chi connectivity index (χ2v) is 5.82. The van der Waals surface area contributed by atoms with Crippen molar-refractivity contribution in [2.45, 2.75) is 25.2 Å². The fraction of sp³-hybridized carbons (Fsp3) is 0.467. The zero-order valence-electron chi connectivity index (χ0n) is 11.2. The van der Waals surface area contributed by atoms with Crippen LogP contribution in [0, 0.1) is 6.92 Å². The third-order valence-electron chi connectivity index (χ3n) is 4.67. The van der Waals surface area contributed by atoms with Crippen molar-refractivity contribution < 1.29 is 0 Å². The highest BCUT2D eigenvalue weighted by molar-refractivity contribution is 5.78. The summed E-state index contributed by atoms with van der Waals surface area (Å²) in [6.45, 7) is 3.91. The largest absolute Gasteiger partial charge is 0.316 e. The number of hydrogen-bond donors (Lipinski definition) is 1. The summed E-state index contributed by atoms with van der Waals surface area (Å²) < 4.78 is 1.73. The summed E-state index contributed by atoms with van der Waals surface area (Å²) in [5.41, 5.74) is 5.35. The van der Waals surface area contributed by atoms with Crippen LogP contribution in [0.15, 0.2) is 16.9 Å². The van der Waals surface area contributed by atoms with Gasteiger partial charge in [-0.2, -0.15) is 0 Å². The Kier molecular flexibility index (Phi) is 2.16. The molecule has 1 aliphatic carbocycles. The number of fused-ring (bicyclic) bond motifs is 6. The van der Waals surface area contributed by atoms with Crippen LogP contribution in [0.3, 0.4) is 0 Å². The van der Waals surface area contributed by atoms with Gasteiger partial charge < -0.3 is 9.88 Å². The highest BCUT2D eigenvalue weighted by Gasteiger charge is 2.34. The van der Waals surface area contributed by atoms with Gasteiger partial charge in [-0.25, -0.2) is 4.98 Å². The molecule has 2 atom stereocenters. The van der Waals surface area contributed by atoms with Crippen LogP contribution in [0.1, 0.15) is 35.1 Å². The van der Waals surface area contributed by atoms with Crippen molar-refractivity contribution in [3.63, 3.8) is 0 Å². The molecule has 0 saturated carbocycles.